The molecule has 1 aliphatic heterocycles. The van der Waals surface area contributed by atoms with Crippen molar-refractivity contribution < 1.29 is 13.5 Å². The van der Waals surface area contributed by atoms with E-state index in [1.807, 2.05) is 12.3 Å². The number of rotatable bonds is 5. The van der Waals surface area contributed by atoms with Gasteiger partial charge >= 0.3 is 0 Å². The molecular weight excluding hydrogens is 444 g/mol. The van der Waals surface area contributed by atoms with Crippen molar-refractivity contribution in [3.8, 4) is 11.3 Å². The zero-order valence-electron chi connectivity index (χ0n) is 18.2. The number of aliphatic hydroxyl groups excluding tert-OH is 1. The van der Waals surface area contributed by atoms with Crippen LogP contribution in [0, 0.1) is 0 Å². The lowest BCUT2D eigenvalue weighted by atomic mass is 9.95. The molecule has 9 heteroatoms. The Morgan fingerprint density at radius 2 is 1.88 bits per heavy atom. The normalized spacial score (nSPS) is 22.2. The van der Waals surface area contributed by atoms with Gasteiger partial charge in [0.05, 0.1) is 22.6 Å². The van der Waals surface area contributed by atoms with Gasteiger partial charge in [-0.15, -0.1) is 10.2 Å². The Bertz CT molecular complexity index is 1250. The van der Waals surface area contributed by atoms with E-state index in [-0.39, 0.29) is 16.8 Å². The smallest absolute Gasteiger partial charge is 0.175 e. The van der Waals surface area contributed by atoms with Gasteiger partial charge in [0, 0.05) is 41.5 Å². The Morgan fingerprint density at radius 1 is 1.12 bits per heavy atom. The summed E-state index contributed by atoms with van der Waals surface area (Å²) in [7, 11) is -3.22. The van der Waals surface area contributed by atoms with Crippen LogP contribution in [0.2, 0.25) is 0 Å². The molecule has 0 unspecified atom stereocenters. The molecule has 2 aliphatic rings. The Balaban J connectivity index is 1.43. The van der Waals surface area contributed by atoms with Crippen LogP contribution in [0.3, 0.4) is 0 Å². The van der Waals surface area contributed by atoms with Gasteiger partial charge in [0.25, 0.3) is 0 Å². The van der Waals surface area contributed by atoms with Gasteiger partial charge in [0.2, 0.25) is 0 Å². The molecule has 0 amide bonds. The van der Waals surface area contributed by atoms with E-state index < -0.39 is 9.84 Å². The van der Waals surface area contributed by atoms with Gasteiger partial charge in [-0.1, -0.05) is 18.2 Å². The highest BCUT2D eigenvalue weighted by Crippen LogP contribution is 2.53. The minimum atomic E-state index is -3.22. The molecule has 3 heterocycles. The molecule has 1 aliphatic carbocycles. The first-order valence-electron chi connectivity index (χ1n) is 10.7. The third-order valence-electron chi connectivity index (χ3n) is 6.53. The van der Waals surface area contributed by atoms with E-state index in [1.165, 1.54) is 6.26 Å². The van der Waals surface area contributed by atoms with Gasteiger partial charge in [-0.3, -0.25) is 4.98 Å². The lowest BCUT2D eigenvalue weighted by Gasteiger charge is -2.23. The van der Waals surface area contributed by atoms with Crippen LogP contribution in [0.4, 0.5) is 0 Å². The highest BCUT2D eigenvalue weighted by Gasteiger charge is 2.51. The Hall–Kier alpha value is -2.23. The van der Waals surface area contributed by atoms with Gasteiger partial charge in [0.1, 0.15) is 11.6 Å². The summed E-state index contributed by atoms with van der Waals surface area (Å²) < 4.78 is 25.4. The fraction of sp³-hybridized carbons (Fsp3) is 0.435. The number of thioether (sulfide) groups is 1. The van der Waals surface area contributed by atoms with E-state index in [1.54, 1.807) is 36.0 Å². The van der Waals surface area contributed by atoms with E-state index in [0.29, 0.717) is 11.3 Å². The van der Waals surface area contributed by atoms with Crippen LogP contribution >= 0.6 is 11.8 Å². The molecule has 0 saturated heterocycles. The number of pyridine rings is 1. The van der Waals surface area contributed by atoms with E-state index >= 15 is 0 Å². The third kappa shape index (κ3) is 3.76. The average Bonchev–Trinajstić information content (AvgIpc) is 3.53. The number of aromatic nitrogens is 4. The number of sulfone groups is 1. The number of benzene rings is 1. The van der Waals surface area contributed by atoms with Crippen LogP contribution in [0.15, 0.2) is 47.5 Å². The maximum Gasteiger partial charge on any atom is 0.175 e. The molecule has 0 bridgehead atoms. The molecule has 32 heavy (non-hydrogen) atoms. The van der Waals surface area contributed by atoms with E-state index in [2.05, 4.69) is 32.7 Å². The average molecular weight is 471 g/mol. The van der Waals surface area contributed by atoms with E-state index in [0.717, 1.165) is 53.6 Å². The highest BCUT2D eigenvalue weighted by atomic mass is 32.2. The maximum absolute atomic E-state index is 11.7. The number of hydrogen-bond donors (Lipinski definition) is 1. The van der Waals surface area contributed by atoms with Gasteiger partial charge in [-0.25, -0.2) is 8.42 Å². The van der Waals surface area contributed by atoms with Crippen LogP contribution < -0.4 is 0 Å². The first-order chi connectivity index (χ1) is 15.2. The first-order valence-corrected chi connectivity index (χ1v) is 13.6. The second-order valence-corrected chi connectivity index (χ2v) is 12.7. The fourth-order valence-corrected chi connectivity index (χ4v) is 6.13. The molecule has 1 atom stereocenters. The molecule has 5 rings (SSSR count). The van der Waals surface area contributed by atoms with Crippen molar-refractivity contribution >= 4 is 21.6 Å². The Kier molecular flexibility index (Phi) is 5.18. The lowest BCUT2D eigenvalue weighted by Crippen LogP contribution is -2.28. The predicted octanol–water partition coefficient (Wildman–Crippen LogP) is 2.86. The number of aliphatic hydroxyl groups is 1. The second-order valence-electron chi connectivity index (χ2n) is 9.04. The summed E-state index contributed by atoms with van der Waals surface area (Å²) in [5, 5.41) is 18.9. The maximum atomic E-state index is 11.7. The van der Waals surface area contributed by atoms with Crippen LogP contribution in [0.25, 0.3) is 11.3 Å². The largest absolute Gasteiger partial charge is 0.395 e. The Morgan fingerprint density at radius 3 is 2.47 bits per heavy atom. The van der Waals surface area contributed by atoms with Gasteiger partial charge in [-0.05, 0) is 43.5 Å². The summed E-state index contributed by atoms with van der Waals surface area (Å²) in [5.41, 5.74) is 2.66. The first kappa shape index (κ1) is 21.6. The molecule has 0 radical (unpaired) electrons. The molecule has 0 spiro atoms. The van der Waals surface area contributed by atoms with Gasteiger partial charge in [0.15, 0.2) is 9.84 Å². The molecule has 1 aromatic carbocycles. The summed E-state index contributed by atoms with van der Waals surface area (Å²) in [5.74, 6) is 2.87. The molecular formula is C23H26N4O3S2. The molecule has 1 N–H and O–H groups in total. The zero-order valence-corrected chi connectivity index (χ0v) is 19.8. The van der Waals surface area contributed by atoms with Crippen LogP contribution in [0.1, 0.15) is 37.0 Å². The van der Waals surface area contributed by atoms with Crippen molar-refractivity contribution in [1.82, 2.24) is 19.7 Å². The predicted molar refractivity (Wildman–Crippen MR) is 124 cm³/mol. The van der Waals surface area contributed by atoms with Crippen molar-refractivity contribution in [2.24, 2.45) is 0 Å². The zero-order chi connectivity index (χ0) is 22.6. The second kappa shape index (κ2) is 7.67. The molecule has 1 saturated carbocycles. The topological polar surface area (TPSA) is 98.0 Å². The number of nitrogens with zero attached hydrogens (tertiary/aromatic N) is 4. The van der Waals surface area contributed by atoms with Crippen molar-refractivity contribution in [3.05, 3.63) is 59.8 Å². The minimum Gasteiger partial charge on any atom is -0.395 e. The monoisotopic (exact) mass is 470 g/mol. The number of fused-ring (bicyclic) bond motifs is 1. The molecule has 168 valence electrons. The van der Waals surface area contributed by atoms with Crippen molar-refractivity contribution in [1.29, 1.82) is 0 Å². The lowest BCUT2D eigenvalue weighted by molar-refractivity contribution is 0.254. The molecule has 1 fully saturated rings. The van der Waals surface area contributed by atoms with Crippen molar-refractivity contribution in [3.63, 3.8) is 0 Å². The molecule has 7 nitrogen and oxygen atoms in total. The molecule has 2 aromatic heterocycles. The van der Waals surface area contributed by atoms with Gasteiger partial charge < -0.3 is 9.67 Å². The van der Waals surface area contributed by atoms with Crippen LogP contribution in [0.5, 0.6) is 0 Å². The van der Waals surface area contributed by atoms with E-state index in [9.17, 15) is 13.5 Å². The summed E-state index contributed by atoms with van der Waals surface area (Å²) >= 11 is 1.80. The van der Waals surface area contributed by atoms with Crippen LogP contribution in [-0.4, -0.2) is 56.6 Å². The summed E-state index contributed by atoms with van der Waals surface area (Å²) in [6.45, 7) is 3.05. The summed E-state index contributed by atoms with van der Waals surface area (Å²) in [6, 6.07) is 10.9. The van der Waals surface area contributed by atoms with Crippen LogP contribution in [-0.2, 0) is 28.2 Å². The summed E-state index contributed by atoms with van der Waals surface area (Å²) in [6.07, 6.45) is 5.85. The SMILES string of the molecule is C[C@@]1(CO)Cc2nnc(C3(c4ccc(-c5ccc(S(C)(=O)=O)cc5)nc4)CC3)n2CCS1. The summed E-state index contributed by atoms with van der Waals surface area (Å²) in [4.78, 5) is 4.98. The van der Waals surface area contributed by atoms with Crippen molar-refractivity contribution in [2.75, 3.05) is 18.6 Å². The highest BCUT2D eigenvalue weighted by molar-refractivity contribution is 8.00. The third-order valence-corrected chi connectivity index (χ3v) is 9.02. The standard InChI is InChI=1S/C23H26N4O3S2/c1-22(15-28)13-20-25-26-21(27(20)11-12-31-22)23(9-10-23)17-5-8-19(24-14-17)16-3-6-18(7-4-16)32(2,29)30/h3-8,14,28H,9-13,15H2,1-2H3/t22-/m0/s1. The number of hydrogen-bond acceptors (Lipinski definition) is 7. The quantitative estimate of drug-likeness (QED) is 0.612. The van der Waals surface area contributed by atoms with Gasteiger partial charge in [-0.2, -0.15) is 11.8 Å². The Labute approximate surface area is 192 Å². The van der Waals surface area contributed by atoms with Crippen molar-refractivity contribution in [2.45, 2.75) is 47.8 Å². The van der Waals surface area contributed by atoms with E-state index in [4.69, 9.17) is 0 Å². The fourth-order valence-electron chi connectivity index (χ4n) is 4.41. The minimum absolute atomic E-state index is 0.127. The molecule has 3 aromatic rings.